The number of ketones is 1. The van der Waals surface area contributed by atoms with Gasteiger partial charge in [-0.3, -0.25) is 9.59 Å². The third-order valence-electron chi connectivity index (χ3n) is 5.86. The van der Waals surface area contributed by atoms with Crippen molar-refractivity contribution >= 4 is 17.4 Å². The number of aromatic nitrogens is 2. The van der Waals surface area contributed by atoms with Crippen molar-refractivity contribution in [3.8, 4) is 11.5 Å². The Morgan fingerprint density at radius 3 is 2.14 bits per heavy atom. The molecule has 0 aliphatic carbocycles. The van der Waals surface area contributed by atoms with Crippen LogP contribution in [0, 0.1) is 0 Å². The van der Waals surface area contributed by atoms with Crippen molar-refractivity contribution in [1.29, 1.82) is 0 Å². The Morgan fingerprint density at radius 2 is 1.57 bits per heavy atom. The quantitative estimate of drug-likeness (QED) is 0.268. The van der Waals surface area contributed by atoms with Crippen LogP contribution >= 0.6 is 0 Å². The van der Waals surface area contributed by atoms with Gasteiger partial charge >= 0.3 is 0 Å². The second kappa shape index (κ2) is 10.9. The molecule has 0 unspecified atom stereocenters. The monoisotopic (exact) mass is 475 g/mol. The number of likely N-dealkylation sites (tertiary alicyclic amines) is 1. The first kappa shape index (κ1) is 24.1. The normalized spacial score (nSPS) is 17.1. The molecule has 0 bridgehead atoms. The van der Waals surface area contributed by atoms with Crippen LogP contribution in [0.25, 0.3) is 5.76 Å². The zero-order chi connectivity index (χ0) is 24.8. The number of nitrogens with zero attached hydrogens (tertiary/aromatic N) is 3. The molecule has 8 nitrogen and oxygen atoms in total. The number of ether oxygens (including phenoxy) is 2. The highest BCUT2D eigenvalue weighted by molar-refractivity contribution is 6.46. The summed E-state index contributed by atoms with van der Waals surface area (Å²) in [5, 5.41) is 11.2. The number of Topliss-reactive ketones (excluding diaryl/α,β-unsaturated/α-hetero) is 1. The SMILES string of the molecule is CCOc1ccc(C(O)=C2C(=O)C(=O)N(CCCn3ccnc3)[C@@H]2c2ccc(OCC)cc2)cc1. The van der Waals surface area contributed by atoms with Gasteiger partial charge in [0.1, 0.15) is 17.3 Å². The molecule has 1 fully saturated rings. The van der Waals surface area contributed by atoms with E-state index in [0.29, 0.717) is 49.8 Å². The summed E-state index contributed by atoms with van der Waals surface area (Å²) in [7, 11) is 0. The van der Waals surface area contributed by atoms with E-state index >= 15 is 0 Å². The minimum atomic E-state index is -0.708. The minimum Gasteiger partial charge on any atom is -0.507 e. The maximum atomic E-state index is 13.2. The van der Waals surface area contributed by atoms with Gasteiger partial charge in [-0.15, -0.1) is 0 Å². The van der Waals surface area contributed by atoms with Crippen LogP contribution in [0.2, 0.25) is 0 Å². The fraction of sp³-hybridized carbons (Fsp3) is 0.296. The van der Waals surface area contributed by atoms with Gasteiger partial charge in [-0.05, 0) is 62.2 Å². The molecule has 2 heterocycles. The third-order valence-corrected chi connectivity index (χ3v) is 5.86. The van der Waals surface area contributed by atoms with E-state index in [1.54, 1.807) is 48.9 Å². The number of rotatable bonds is 10. The van der Waals surface area contributed by atoms with Crippen LogP contribution in [0.1, 0.15) is 37.4 Å². The molecule has 4 rings (SSSR count). The van der Waals surface area contributed by atoms with Gasteiger partial charge in [0.05, 0.1) is 31.2 Å². The van der Waals surface area contributed by atoms with Crippen molar-refractivity contribution in [3.05, 3.63) is 84.0 Å². The zero-order valence-electron chi connectivity index (χ0n) is 19.9. The minimum absolute atomic E-state index is 0.0750. The molecule has 1 amide bonds. The fourth-order valence-corrected chi connectivity index (χ4v) is 4.24. The Morgan fingerprint density at radius 1 is 0.943 bits per heavy atom. The molecule has 8 heteroatoms. The van der Waals surface area contributed by atoms with E-state index in [1.807, 2.05) is 36.7 Å². The van der Waals surface area contributed by atoms with E-state index in [2.05, 4.69) is 4.98 Å². The Labute approximate surface area is 204 Å². The van der Waals surface area contributed by atoms with Crippen molar-refractivity contribution in [2.45, 2.75) is 32.9 Å². The zero-order valence-corrected chi connectivity index (χ0v) is 19.9. The summed E-state index contributed by atoms with van der Waals surface area (Å²) in [6.45, 7) is 5.84. The van der Waals surface area contributed by atoms with Crippen LogP contribution in [0.5, 0.6) is 11.5 Å². The molecule has 1 atom stereocenters. The van der Waals surface area contributed by atoms with Crippen LogP contribution < -0.4 is 9.47 Å². The van der Waals surface area contributed by atoms with Crippen molar-refractivity contribution in [1.82, 2.24) is 14.5 Å². The van der Waals surface area contributed by atoms with Crippen LogP contribution in [0.4, 0.5) is 0 Å². The highest BCUT2D eigenvalue weighted by atomic mass is 16.5. The molecular weight excluding hydrogens is 446 g/mol. The number of aliphatic hydroxyl groups excluding tert-OH is 1. The molecule has 1 N–H and O–H groups in total. The van der Waals surface area contributed by atoms with Crippen molar-refractivity contribution in [2.24, 2.45) is 0 Å². The first-order valence-electron chi connectivity index (χ1n) is 11.7. The van der Waals surface area contributed by atoms with Crippen molar-refractivity contribution < 1.29 is 24.2 Å². The van der Waals surface area contributed by atoms with Crippen molar-refractivity contribution in [2.75, 3.05) is 19.8 Å². The number of aryl methyl sites for hydroxylation is 1. The summed E-state index contributed by atoms with van der Waals surface area (Å²) < 4.78 is 12.9. The fourth-order valence-electron chi connectivity index (χ4n) is 4.24. The van der Waals surface area contributed by atoms with E-state index in [4.69, 9.17) is 9.47 Å². The average molecular weight is 476 g/mol. The van der Waals surface area contributed by atoms with Gasteiger partial charge in [0.25, 0.3) is 11.7 Å². The summed E-state index contributed by atoms with van der Waals surface area (Å²) in [6, 6.07) is 13.4. The van der Waals surface area contributed by atoms with Crippen LogP contribution in [-0.4, -0.2) is 51.0 Å². The van der Waals surface area contributed by atoms with Gasteiger partial charge in [0.2, 0.25) is 0 Å². The third kappa shape index (κ3) is 5.21. The Balaban J connectivity index is 1.70. The van der Waals surface area contributed by atoms with Gasteiger partial charge in [-0.25, -0.2) is 4.98 Å². The van der Waals surface area contributed by atoms with Crippen LogP contribution in [0.3, 0.4) is 0 Å². The van der Waals surface area contributed by atoms with Crippen LogP contribution in [-0.2, 0) is 16.1 Å². The highest BCUT2D eigenvalue weighted by Gasteiger charge is 2.45. The summed E-state index contributed by atoms with van der Waals surface area (Å²) in [4.78, 5) is 31.9. The molecule has 0 radical (unpaired) electrons. The van der Waals surface area contributed by atoms with E-state index < -0.39 is 17.7 Å². The average Bonchev–Trinajstić information content (AvgIpc) is 3.47. The smallest absolute Gasteiger partial charge is 0.295 e. The largest absolute Gasteiger partial charge is 0.507 e. The molecular formula is C27H29N3O5. The Hall–Kier alpha value is -4.07. The number of benzene rings is 2. The van der Waals surface area contributed by atoms with Gasteiger partial charge < -0.3 is 24.0 Å². The Bertz CT molecular complexity index is 1180. The maximum absolute atomic E-state index is 13.2. The van der Waals surface area contributed by atoms with Gasteiger partial charge in [-0.2, -0.15) is 0 Å². The van der Waals surface area contributed by atoms with E-state index in [1.165, 1.54) is 4.90 Å². The lowest BCUT2D eigenvalue weighted by atomic mass is 9.95. The number of imidazole rings is 1. The van der Waals surface area contributed by atoms with Gasteiger partial charge in [0, 0.05) is 31.0 Å². The molecule has 1 aliphatic rings. The predicted molar refractivity (Wildman–Crippen MR) is 131 cm³/mol. The first-order chi connectivity index (χ1) is 17.0. The summed E-state index contributed by atoms with van der Waals surface area (Å²) >= 11 is 0. The second-order valence-electron chi connectivity index (χ2n) is 8.11. The summed E-state index contributed by atoms with van der Waals surface area (Å²) in [6.07, 6.45) is 5.89. The molecule has 1 saturated heterocycles. The van der Waals surface area contributed by atoms with E-state index in [0.717, 1.165) is 5.56 Å². The van der Waals surface area contributed by atoms with Gasteiger partial charge in [-0.1, -0.05) is 12.1 Å². The second-order valence-corrected chi connectivity index (χ2v) is 8.11. The van der Waals surface area contributed by atoms with Gasteiger partial charge in [0.15, 0.2) is 0 Å². The number of aliphatic hydroxyl groups is 1. The number of amides is 1. The number of carbonyl (C=O) groups excluding carboxylic acids is 2. The summed E-state index contributed by atoms with van der Waals surface area (Å²) in [5.74, 6) is -0.172. The number of hydrogen-bond donors (Lipinski definition) is 1. The number of carbonyl (C=O) groups is 2. The molecule has 2 aromatic carbocycles. The Kier molecular flexibility index (Phi) is 7.50. The maximum Gasteiger partial charge on any atom is 0.295 e. The highest BCUT2D eigenvalue weighted by Crippen LogP contribution is 2.40. The molecule has 3 aromatic rings. The molecule has 35 heavy (non-hydrogen) atoms. The lowest BCUT2D eigenvalue weighted by Gasteiger charge is -2.25. The number of hydrogen-bond acceptors (Lipinski definition) is 6. The first-order valence-corrected chi connectivity index (χ1v) is 11.7. The standard InChI is InChI=1S/C27H29N3O5/c1-3-34-21-10-6-19(7-11-21)24-23(25(31)20-8-12-22(13-9-20)35-4-2)26(32)27(33)30(24)16-5-15-29-17-14-28-18-29/h6-14,17-18,24,31H,3-5,15-16H2,1-2H3/t24-/m1/s1. The van der Waals surface area contributed by atoms with E-state index in [-0.39, 0.29) is 11.3 Å². The lowest BCUT2D eigenvalue weighted by molar-refractivity contribution is -0.139. The van der Waals surface area contributed by atoms with Crippen LogP contribution in [0.15, 0.2) is 72.8 Å². The molecule has 1 aromatic heterocycles. The molecule has 1 aliphatic heterocycles. The lowest BCUT2D eigenvalue weighted by Crippen LogP contribution is -2.31. The van der Waals surface area contributed by atoms with E-state index in [9.17, 15) is 14.7 Å². The topological polar surface area (TPSA) is 93.9 Å². The molecule has 0 spiro atoms. The molecule has 182 valence electrons. The predicted octanol–water partition coefficient (Wildman–Crippen LogP) is 4.19. The summed E-state index contributed by atoms with van der Waals surface area (Å²) in [5.41, 5.74) is 1.24. The van der Waals surface area contributed by atoms with Crippen molar-refractivity contribution in [3.63, 3.8) is 0 Å². The molecule has 0 saturated carbocycles.